The summed E-state index contributed by atoms with van der Waals surface area (Å²) in [6.45, 7) is 7.11. The van der Waals surface area contributed by atoms with Crippen molar-refractivity contribution < 1.29 is 19.1 Å². The van der Waals surface area contributed by atoms with Crippen molar-refractivity contribution in [3.8, 4) is 0 Å². The zero-order valence-electron chi connectivity index (χ0n) is 17.6. The van der Waals surface area contributed by atoms with Crippen LogP contribution in [-0.4, -0.2) is 24.1 Å². The van der Waals surface area contributed by atoms with Crippen LogP contribution in [-0.2, 0) is 19.1 Å². The van der Waals surface area contributed by atoms with Crippen molar-refractivity contribution in [3.63, 3.8) is 0 Å². The number of rotatable bonds is 12. The highest BCUT2D eigenvalue weighted by Crippen LogP contribution is 2.17. The molecule has 154 valence electrons. The average molecular weight is 387 g/mol. The molecule has 0 aliphatic carbocycles. The Hall–Kier alpha value is -2.36. The second-order valence-corrected chi connectivity index (χ2v) is 6.93. The summed E-state index contributed by atoms with van der Waals surface area (Å²) in [7, 11) is 0. The number of benzene rings is 1. The van der Waals surface area contributed by atoms with E-state index in [0.717, 1.165) is 49.7 Å². The van der Waals surface area contributed by atoms with Gasteiger partial charge in [0.05, 0.1) is 0 Å². The van der Waals surface area contributed by atoms with Crippen molar-refractivity contribution >= 4 is 24.1 Å². The maximum Gasteiger partial charge on any atom is 0.303 e. The summed E-state index contributed by atoms with van der Waals surface area (Å²) < 4.78 is 10.8. The van der Waals surface area contributed by atoms with E-state index in [9.17, 15) is 9.59 Å². The molecule has 0 spiro atoms. The smallest absolute Gasteiger partial charge is 0.303 e. The quantitative estimate of drug-likeness (QED) is 0.416. The third-order valence-corrected chi connectivity index (χ3v) is 4.30. The second kappa shape index (κ2) is 13.8. The van der Waals surface area contributed by atoms with Crippen LogP contribution in [0.15, 0.2) is 36.4 Å². The number of hydrogen-bond acceptors (Lipinski definition) is 4. The van der Waals surface area contributed by atoms with Crippen molar-refractivity contribution in [2.45, 2.75) is 78.4 Å². The van der Waals surface area contributed by atoms with E-state index < -0.39 is 0 Å². The number of hydrogen-bond donors (Lipinski definition) is 0. The Morgan fingerprint density at radius 2 is 1.21 bits per heavy atom. The summed E-state index contributed by atoms with van der Waals surface area (Å²) in [5.41, 5.74) is 2.06. The van der Waals surface area contributed by atoms with Crippen molar-refractivity contribution in [3.05, 3.63) is 47.5 Å². The van der Waals surface area contributed by atoms with Gasteiger partial charge in [-0.3, -0.25) is 9.59 Å². The first-order valence-corrected chi connectivity index (χ1v) is 10.3. The van der Waals surface area contributed by atoms with E-state index in [0.29, 0.717) is 0 Å². The summed E-state index contributed by atoms with van der Waals surface area (Å²) >= 11 is 0. The zero-order chi connectivity index (χ0) is 20.8. The zero-order valence-corrected chi connectivity index (χ0v) is 17.6. The molecule has 1 rings (SSSR count). The topological polar surface area (TPSA) is 52.6 Å². The van der Waals surface area contributed by atoms with Gasteiger partial charge in [0.15, 0.2) is 0 Å². The highest BCUT2D eigenvalue weighted by atomic mass is 16.5. The fourth-order valence-corrected chi connectivity index (χ4v) is 2.86. The molecular formula is C24H34O4. The maximum atomic E-state index is 11.3. The molecule has 0 bridgehead atoms. The van der Waals surface area contributed by atoms with Crippen LogP contribution in [0.3, 0.4) is 0 Å². The van der Waals surface area contributed by atoms with Crippen molar-refractivity contribution in [2.75, 3.05) is 0 Å². The van der Waals surface area contributed by atoms with Crippen LogP contribution in [0.4, 0.5) is 0 Å². The number of carbonyl (C=O) groups excluding carboxylic acids is 2. The molecule has 4 heteroatoms. The van der Waals surface area contributed by atoms with E-state index in [1.54, 1.807) is 0 Å². The molecule has 0 N–H and O–H groups in total. The molecule has 0 aromatic heterocycles. The van der Waals surface area contributed by atoms with Crippen molar-refractivity contribution in [2.24, 2.45) is 0 Å². The summed E-state index contributed by atoms with van der Waals surface area (Å²) in [6.07, 6.45) is 13.2. The highest BCUT2D eigenvalue weighted by Gasteiger charge is 2.09. The van der Waals surface area contributed by atoms with Crippen LogP contribution in [0.5, 0.6) is 0 Å². The van der Waals surface area contributed by atoms with Crippen LogP contribution >= 0.6 is 0 Å². The molecule has 0 fully saturated rings. The van der Waals surface area contributed by atoms with E-state index in [-0.39, 0.29) is 24.1 Å². The molecule has 0 saturated heterocycles. The SMILES string of the molecule is CCCCC(C=Cc1ccccc1C=CC(CCCC)OC(C)=O)OC(C)=O. The van der Waals surface area contributed by atoms with Gasteiger partial charge >= 0.3 is 11.9 Å². The summed E-state index contributed by atoms with van der Waals surface area (Å²) in [5.74, 6) is -0.529. The Kier molecular flexibility index (Phi) is 11.6. The van der Waals surface area contributed by atoms with Crippen LogP contribution in [0.25, 0.3) is 12.2 Å². The van der Waals surface area contributed by atoms with Gasteiger partial charge in [-0.15, -0.1) is 0 Å². The molecule has 4 nitrogen and oxygen atoms in total. The molecule has 1 aromatic carbocycles. The minimum absolute atomic E-state index is 0.215. The summed E-state index contributed by atoms with van der Waals surface area (Å²) in [6, 6.07) is 8.00. The predicted molar refractivity (Wildman–Crippen MR) is 115 cm³/mol. The van der Waals surface area contributed by atoms with Gasteiger partial charge in [0.25, 0.3) is 0 Å². The second-order valence-electron chi connectivity index (χ2n) is 6.93. The van der Waals surface area contributed by atoms with Crippen LogP contribution in [0.2, 0.25) is 0 Å². The molecule has 2 atom stereocenters. The Balaban J connectivity index is 2.94. The largest absolute Gasteiger partial charge is 0.458 e. The Morgan fingerprint density at radius 3 is 1.54 bits per heavy atom. The van der Waals surface area contributed by atoms with Crippen molar-refractivity contribution in [1.29, 1.82) is 0 Å². The Bertz CT molecular complexity index is 603. The van der Waals surface area contributed by atoms with E-state index in [4.69, 9.17) is 9.47 Å². The van der Waals surface area contributed by atoms with Gasteiger partial charge in [-0.2, -0.15) is 0 Å². The normalized spacial score (nSPS) is 13.6. The molecular weight excluding hydrogens is 352 g/mol. The van der Waals surface area contributed by atoms with Gasteiger partial charge in [0, 0.05) is 13.8 Å². The Morgan fingerprint density at radius 1 is 0.821 bits per heavy atom. The first kappa shape index (κ1) is 23.7. The standard InChI is InChI=1S/C24H34O4/c1-5-7-13-23(27-19(3)25)17-15-21-11-9-10-12-22(21)16-18-24(14-8-6-2)28-20(4)26/h9-12,15-18,23-24H,5-8,13-14H2,1-4H3. The minimum Gasteiger partial charge on any atom is -0.458 e. The number of esters is 2. The van der Waals surface area contributed by atoms with Crippen molar-refractivity contribution in [1.82, 2.24) is 0 Å². The van der Waals surface area contributed by atoms with Gasteiger partial charge in [0.1, 0.15) is 12.2 Å². The molecule has 0 saturated carbocycles. The molecule has 0 amide bonds. The predicted octanol–water partition coefficient (Wildman–Crippen LogP) is 5.96. The average Bonchev–Trinajstić information content (AvgIpc) is 2.66. The van der Waals surface area contributed by atoms with Crippen LogP contribution in [0.1, 0.15) is 77.3 Å². The fourth-order valence-electron chi connectivity index (χ4n) is 2.86. The fraction of sp³-hybridized carbons (Fsp3) is 0.500. The number of carbonyl (C=O) groups is 2. The summed E-state index contributed by atoms with van der Waals surface area (Å²) in [5, 5.41) is 0. The maximum absolute atomic E-state index is 11.3. The lowest BCUT2D eigenvalue weighted by atomic mass is 10.0. The van der Waals surface area contributed by atoms with Crippen LogP contribution < -0.4 is 0 Å². The third kappa shape index (κ3) is 10.1. The third-order valence-electron chi connectivity index (χ3n) is 4.30. The lowest BCUT2D eigenvalue weighted by Gasteiger charge is -2.13. The molecule has 1 aromatic rings. The molecule has 0 heterocycles. The minimum atomic E-state index is -0.265. The van der Waals surface area contributed by atoms with Gasteiger partial charge in [0.2, 0.25) is 0 Å². The van der Waals surface area contributed by atoms with Crippen LogP contribution in [0, 0.1) is 0 Å². The number of unbranched alkanes of at least 4 members (excludes halogenated alkanes) is 2. The lowest BCUT2D eigenvalue weighted by Crippen LogP contribution is -2.13. The van der Waals surface area contributed by atoms with E-state index in [1.807, 2.05) is 48.6 Å². The summed E-state index contributed by atoms with van der Waals surface area (Å²) in [4.78, 5) is 22.7. The molecule has 2 unspecified atom stereocenters. The van der Waals surface area contributed by atoms with E-state index in [1.165, 1.54) is 13.8 Å². The molecule has 0 aliphatic heterocycles. The number of ether oxygens (including phenoxy) is 2. The molecule has 28 heavy (non-hydrogen) atoms. The van der Waals surface area contributed by atoms with Gasteiger partial charge < -0.3 is 9.47 Å². The van der Waals surface area contributed by atoms with Gasteiger partial charge in [-0.25, -0.2) is 0 Å². The first-order chi connectivity index (χ1) is 13.5. The van der Waals surface area contributed by atoms with E-state index in [2.05, 4.69) is 13.8 Å². The molecule has 0 radical (unpaired) electrons. The van der Waals surface area contributed by atoms with Gasteiger partial charge in [-0.05, 0) is 49.0 Å². The monoisotopic (exact) mass is 386 g/mol. The highest BCUT2D eigenvalue weighted by molar-refractivity contribution is 5.68. The Labute approximate surface area is 169 Å². The first-order valence-electron chi connectivity index (χ1n) is 10.3. The lowest BCUT2D eigenvalue weighted by molar-refractivity contribution is -0.145. The van der Waals surface area contributed by atoms with Gasteiger partial charge in [-0.1, -0.05) is 63.1 Å². The molecule has 0 aliphatic rings. The van der Waals surface area contributed by atoms with E-state index >= 15 is 0 Å².